The van der Waals surface area contributed by atoms with Crippen molar-refractivity contribution in [3.8, 4) is 0 Å². The Kier molecular flexibility index (Phi) is 3.14. The summed E-state index contributed by atoms with van der Waals surface area (Å²) in [5, 5.41) is 0. The van der Waals surface area contributed by atoms with Crippen molar-refractivity contribution in [2.75, 3.05) is 4.90 Å². The molecule has 5 heteroatoms. The van der Waals surface area contributed by atoms with Crippen LogP contribution in [0.4, 0.5) is 5.82 Å². The van der Waals surface area contributed by atoms with Gasteiger partial charge in [0.2, 0.25) is 5.91 Å². The number of amides is 2. The lowest BCUT2D eigenvalue weighted by atomic mass is 9.98. The van der Waals surface area contributed by atoms with Crippen molar-refractivity contribution >= 4 is 33.6 Å². The van der Waals surface area contributed by atoms with Gasteiger partial charge in [-0.05, 0) is 46.1 Å². The second-order valence-corrected chi connectivity index (χ2v) is 5.58. The van der Waals surface area contributed by atoms with Crippen LogP contribution in [0.25, 0.3) is 0 Å². The fraction of sp³-hybridized carbons (Fsp3) is 0.133. The molecule has 0 unspecified atom stereocenters. The van der Waals surface area contributed by atoms with Crippen LogP contribution in [0.3, 0.4) is 0 Å². The number of benzene rings is 1. The number of imide groups is 1. The Morgan fingerprint density at radius 2 is 2.00 bits per heavy atom. The smallest absolute Gasteiger partial charge is 0.266 e. The maximum atomic E-state index is 12.5. The average Bonchev–Trinajstić information content (AvgIpc) is 2.41. The number of aromatic nitrogens is 1. The molecule has 1 aromatic carbocycles. The Morgan fingerprint density at radius 1 is 1.25 bits per heavy atom. The first-order chi connectivity index (χ1) is 9.58. The number of hydrogen-bond acceptors (Lipinski definition) is 3. The summed E-state index contributed by atoms with van der Waals surface area (Å²) in [7, 11) is 0. The molecule has 0 saturated heterocycles. The Hall–Kier alpha value is -2.01. The van der Waals surface area contributed by atoms with E-state index < -0.39 is 0 Å². The highest BCUT2D eigenvalue weighted by Gasteiger charge is 2.33. The SMILES string of the molecule is Cc1cc(Br)cnc1N1C(=O)Cc2ccccc2C1=O. The zero-order chi connectivity index (χ0) is 14.3. The minimum atomic E-state index is -0.310. The second-order valence-electron chi connectivity index (χ2n) is 4.66. The molecule has 20 heavy (non-hydrogen) atoms. The van der Waals surface area contributed by atoms with E-state index in [0.717, 1.165) is 15.6 Å². The van der Waals surface area contributed by atoms with Crippen LogP contribution in [0, 0.1) is 6.92 Å². The van der Waals surface area contributed by atoms with Crippen molar-refractivity contribution in [3.63, 3.8) is 0 Å². The van der Waals surface area contributed by atoms with Crippen molar-refractivity contribution < 1.29 is 9.59 Å². The summed E-state index contributed by atoms with van der Waals surface area (Å²) >= 11 is 3.33. The molecular weight excluding hydrogens is 320 g/mol. The molecule has 0 saturated carbocycles. The number of fused-ring (bicyclic) bond motifs is 1. The minimum absolute atomic E-state index is 0.221. The zero-order valence-electron chi connectivity index (χ0n) is 10.8. The molecule has 0 atom stereocenters. The third kappa shape index (κ3) is 2.04. The number of rotatable bonds is 1. The van der Waals surface area contributed by atoms with Crippen LogP contribution in [0.2, 0.25) is 0 Å². The maximum Gasteiger partial charge on any atom is 0.266 e. The van der Waals surface area contributed by atoms with E-state index in [4.69, 9.17) is 0 Å². The van der Waals surface area contributed by atoms with E-state index in [1.165, 1.54) is 4.90 Å². The van der Waals surface area contributed by atoms with Crippen molar-refractivity contribution in [3.05, 3.63) is 57.7 Å². The first-order valence-electron chi connectivity index (χ1n) is 6.15. The van der Waals surface area contributed by atoms with Gasteiger partial charge in [0.25, 0.3) is 5.91 Å². The predicted octanol–water partition coefficient (Wildman–Crippen LogP) is 2.88. The summed E-state index contributed by atoms with van der Waals surface area (Å²) < 4.78 is 0.816. The molecule has 0 N–H and O–H groups in total. The molecule has 2 heterocycles. The fourth-order valence-corrected chi connectivity index (χ4v) is 2.79. The van der Waals surface area contributed by atoms with Gasteiger partial charge in [-0.15, -0.1) is 0 Å². The number of anilines is 1. The van der Waals surface area contributed by atoms with E-state index in [9.17, 15) is 9.59 Å². The van der Waals surface area contributed by atoms with Crippen LogP contribution in [0.1, 0.15) is 21.5 Å². The number of aryl methyl sites for hydroxylation is 1. The largest absolute Gasteiger partial charge is 0.274 e. The molecule has 2 amide bonds. The molecule has 0 radical (unpaired) electrons. The van der Waals surface area contributed by atoms with E-state index in [0.29, 0.717) is 11.4 Å². The lowest BCUT2D eigenvalue weighted by Gasteiger charge is -2.26. The number of pyridine rings is 1. The van der Waals surface area contributed by atoms with Gasteiger partial charge in [-0.3, -0.25) is 9.59 Å². The van der Waals surface area contributed by atoms with Crippen LogP contribution in [0.5, 0.6) is 0 Å². The van der Waals surface area contributed by atoms with Gasteiger partial charge in [-0.25, -0.2) is 9.88 Å². The molecule has 3 rings (SSSR count). The van der Waals surface area contributed by atoms with Crippen LogP contribution < -0.4 is 4.90 Å². The summed E-state index contributed by atoms with van der Waals surface area (Å²) in [6.45, 7) is 1.83. The van der Waals surface area contributed by atoms with Crippen molar-refractivity contribution in [2.24, 2.45) is 0 Å². The second kappa shape index (κ2) is 4.83. The Balaban J connectivity index is 2.11. The Morgan fingerprint density at radius 3 is 2.75 bits per heavy atom. The Labute approximate surface area is 124 Å². The fourth-order valence-electron chi connectivity index (χ4n) is 2.34. The van der Waals surface area contributed by atoms with E-state index >= 15 is 0 Å². The Bertz CT molecular complexity index is 728. The number of nitrogens with zero attached hydrogens (tertiary/aromatic N) is 2. The standard InChI is InChI=1S/C15H11BrN2O2/c1-9-6-11(16)8-17-14(9)18-13(19)7-10-4-2-3-5-12(10)15(18)20/h2-6,8H,7H2,1H3. The molecule has 2 aromatic rings. The monoisotopic (exact) mass is 330 g/mol. The lowest BCUT2D eigenvalue weighted by molar-refractivity contribution is -0.117. The summed E-state index contributed by atoms with van der Waals surface area (Å²) in [4.78, 5) is 30.2. The number of halogens is 1. The third-order valence-corrected chi connectivity index (χ3v) is 3.70. The van der Waals surface area contributed by atoms with Crippen LogP contribution in [-0.4, -0.2) is 16.8 Å². The van der Waals surface area contributed by atoms with Gasteiger partial charge in [-0.1, -0.05) is 18.2 Å². The average molecular weight is 331 g/mol. The topological polar surface area (TPSA) is 50.3 Å². The molecule has 4 nitrogen and oxygen atoms in total. The minimum Gasteiger partial charge on any atom is -0.274 e. The van der Waals surface area contributed by atoms with E-state index in [2.05, 4.69) is 20.9 Å². The molecule has 0 bridgehead atoms. The highest BCUT2D eigenvalue weighted by Crippen LogP contribution is 2.27. The highest BCUT2D eigenvalue weighted by atomic mass is 79.9. The van der Waals surface area contributed by atoms with Gasteiger partial charge in [-0.2, -0.15) is 0 Å². The summed E-state index contributed by atoms with van der Waals surface area (Å²) in [6.07, 6.45) is 1.81. The zero-order valence-corrected chi connectivity index (χ0v) is 12.3. The van der Waals surface area contributed by atoms with Gasteiger partial charge < -0.3 is 0 Å². The molecule has 1 aromatic heterocycles. The first-order valence-corrected chi connectivity index (χ1v) is 6.94. The number of carbonyl (C=O) groups is 2. The summed E-state index contributed by atoms with van der Waals surface area (Å²) in [5.74, 6) is -0.154. The van der Waals surface area contributed by atoms with E-state index in [-0.39, 0.29) is 18.2 Å². The molecule has 0 aliphatic carbocycles. The highest BCUT2D eigenvalue weighted by molar-refractivity contribution is 9.10. The van der Waals surface area contributed by atoms with E-state index in [1.807, 2.05) is 25.1 Å². The normalized spacial score (nSPS) is 14.4. The number of hydrogen-bond donors (Lipinski definition) is 0. The van der Waals surface area contributed by atoms with Gasteiger partial charge in [0.15, 0.2) is 0 Å². The third-order valence-electron chi connectivity index (χ3n) is 3.27. The van der Waals surface area contributed by atoms with Gasteiger partial charge in [0, 0.05) is 16.2 Å². The molecule has 0 fully saturated rings. The summed E-state index contributed by atoms with van der Waals surface area (Å²) in [6, 6.07) is 9.02. The predicted molar refractivity (Wildman–Crippen MR) is 78.6 cm³/mol. The van der Waals surface area contributed by atoms with E-state index in [1.54, 1.807) is 18.3 Å². The van der Waals surface area contributed by atoms with Gasteiger partial charge in [0.1, 0.15) is 5.82 Å². The van der Waals surface area contributed by atoms with Crippen LogP contribution >= 0.6 is 15.9 Å². The van der Waals surface area contributed by atoms with Crippen LogP contribution in [0.15, 0.2) is 41.0 Å². The molecule has 1 aliphatic rings. The quantitative estimate of drug-likeness (QED) is 0.755. The van der Waals surface area contributed by atoms with Gasteiger partial charge >= 0.3 is 0 Å². The molecule has 0 spiro atoms. The lowest BCUT2D eigenvalue weighted by Crippen LogP contribution is -2.43. The van der Waals surface area contributed by atoms with Crippen LogP contribution in [-0.2, 0) is 11.2 Å². The van der Waals surface area contributed by atoms with Crippen molar-refractivity contribution in [1.29, 1.82) is 0 Å². The van der Waals surface area contributed by atoms with Crippen molar-refractivity contribution in [2.45, 2.75) is 13.3 Å². The molecular formula is C15H11BrN2O2. The molecule has 100 valence electrons. The first kappa shape index (κ1) is 13.0. The maximum absolute atomic E-state index is 12.5. The number of carbonyl (C=O) groups excluding carboxylic acids is 2. The molecule has 1 aliphatic heterocycles. The summed E-state index contributed by atoms with van der Waals surface area (Å²) in [5.41, 5.74) is 2.12. The van der Waals surface area contributed by atoms with Crippen molar-refractivity contribution in [1.82, 2.24) is 4.98 Å². The van der Waals surface area contributed by atoms with Gasteiger partial charge in [0.05, 0.1) is 6.42 Å².